The molecule has 0 bridgehead atoms. The van der Waals surface area contributed by atoms with E-state index in [1.807, 2.05) is 0 Å². The molecule has 32 heavy (non-hydrogen) atoms. The SMILES string of the molecule is CC(C)(C)OC(=O)NCC(=O)NCC1CCN(C(=O)c2ccc(NS(C)(=O)=O)cc2)CC1. The number of piperidine rings is 1. The quantitative estimate of drug-likeness (QED) is 0.556. The first-order chi connectivity index (χ1) is 14.8. The third-order valence-corrected chi connectivity index (χ3v) is 5.32. The number of benzene rings is 1. The fraction of sp³-hybridized carbons (Fsp3) is 0.571. The van der Waals surface area contributed by atoms with Crippen LogP contribution < -0.4 is 15.4 Å². The maximum Gasteiger partial charge on any atom is 0.408 e. The summed E-state index contributed by atoms with van der Waals surface area (Å²) in [6, 6.07) is 6.31. The second-order valence-electron chi connectivity index (χ2n) is 8.85. The minimum Gasteiger partial charge on any atom is -0.444 e. The van der Waals surface area contributed by atoms with Crippen LogP contribution in [-0.2, 0) is 19.6 Å². The molecule has 3 amide bonds. The van der Waals surface area contributed by atoms with Gasteiger partial charge in [-0.1, -0.05) is 0 Å². The van der Waals surface area contributed by atoms with E-state index in [-0.39, 0.29) is 24.3 Å². The van der Waals surface area contributed by atoms with Gasteiger partial charge in [-0.15, -0.1) is 0 Å². The van der Waals surface area contributed by atoms with Gasteiger partial charge in [0.15, 0.2) is 0 Å². The summed E-state index contributed by atoms with van der Waals surface area (Å²) in [6.07, 6.45) is 1.92. The predicted molar refractivity (Wildman–Crippen MR) is 121 cm³/mol. The first-order valence-corrected chi connectivity index (χ1v) is 12.3. The number of ether oxygens (including phenoxy) is 1. The first kappa shape index (κ1) is 25.4. The number of carbonyl (C=O) groups is 3. The standard InChI is InChI=1S/C21H32N4O6S/c1-21(2,3)31-20(28)23-14-18(26)22-13-15-9-11-25(12-10-15)19(27)16-5-7-17(8-6-16)24-32(4,29)30/h5-8,15,24H,9-14H2,1-4H3,(H,22,26)(H,23,28). The van der Waals surface area contributed by atoms with Crippen LogP contribution in [0.5, 0.6) is 0 Å². The number of anilines is 1. The van der Waals surface area contributed by atoms with Crippen LogP contribution in [-0.4, -0.2) is 69.3 Å². The highest BCUT2D eigenvalue weighted by Gasteiger charge is 2.24. The Morgan fingerprint density at radius 1 is 1.06 bits per heavy atom. The molecular formula is C21H32N4O6S. The lowest BCUT2D eigenvalue weighted by molar-refractivity contribution is -0.120. The first-order valence-electron chi connectivity index (χ1n) is 10.4. The average Bonchev–Trinajstić information content (AvgIpc) is 2.69. The normalized spacial score (nSPS) is 15.1. The lowest BCUT2D eigenvalue weighted by Gasteiger charge is -2.32. The lowest BCUT2D eigenvalue weighted by atomic mass is 9.96. The molecule has 2 rings (SSSR count). The molecule has 1 aromatic rings. The number of amides is 3. The number of nitrogens with one attached hydrogen (secondary N) is 3. The Morgan fingerprint density at radius 2 is 1.66 bits per heavy atom. The van der Waals surface area contributed by atoms with Gasteiger partial charge >= 0.3 is 6.09 Å². The van der Waals surface area contributed by atoms with E-state index in [0.29, 0.717) is 30.9 Å². The van der Waals surface area contributed by atoms with Crippen LogP contribution in [0.4, 0.5) is 10.5 Å². The van der Waals surface area contributed by atoms with E-state index in [0.717, 1.165) is 19.1 Å². The largest absolute Gasteiger partial charge is 0.444 e. The zero-order chi connectivity index (χ0) is 23.9. The molecule has 0 radical (unpaired) electrons. The third-order valence-electron chi connectivity index (χ3n) is 4.72. The Bertz CT molecular complexity index is 917. The number of hydrogen-bond acceptors (Lipinski definition) is 6. The van der Waals surface area contributed by atoms with Crippen molar-refractivity contribution in [2.24, 2.45) is 5.92 Å². The summed E-state index contributed by atoms with van der Waals surface area (Å²) >= 11 is 0. The van der Waals surface area contributed by atoms with Crippen molar-refractivity contribution in [2.75, 3.05) is 37.2 Å². The number of hydrogen-bond donors (Lipinski definition) is 3. The molecular weight excluding hydrogens is 436 g/mol. The highest BCUT2D eigenvalue weighted by atomic mass is 32.2. The Labute approximate surface area is 189 Å². The van der Waals surface area contributed by atoms with Crippen molar-refractivity contribution in [1.82, 2.24) is 15.5 Å². The van der Waals surface area contributed by atoms with Gasteiger partial charge in [-0.2, -0.15) is 0 Å². The number of alkyl carbamates (subject to hydrolysis) is 1. The molecule has 1 fully saturated rings. The fourth-order valence-electron chi connectivity index (χ4n) is 3.20. The van der Waals surface area contributed by atoms with E-state index in [2.05, 4.69) is 15.4 Å². The van der Waals surface area contributed by atoms with E-state index >= 15 is 0 Å². The predicted octanol–water partition coefficient (Wildman–Crippen LogP) is 1.55. The Hall–Kier alpha value is -2.82. The summed E-state index contributed by atoms with van der Waals surface area (Å²) in [5.41, 5.74) is 0.268. The van der Waals surface area contributed by atoms with Crippen LogP contribution in [0.15, 0.2) is 24.3 Å². The number of rotatable bonds is 7. The number of carbonyl (C=O) groups excluding carboxylic acids is 3. The summed E-state index contributed by atoms with van der Waals surface area (Å²) in [4.78, 5) is 38.0. The van der Waals surface area contributed by atoms with E-state index in [9.17, 15) is 22.8 Å². The summed E-state index contributed by atoms with van der Waals surface area (Å²) < 4.78 is 30.0. The molecule has 0 saturated carbocycles. The van der Waals surface area contributed by atoms with Crippen molar-refractivity contribution in [3.8, 4) is 0 Å². The van der Waals surface area contributed by atoms with Gasteiger partial charge in [0.1, 0.15) is 5.60 Å². The van der Waals surface area contributed by atoms with Gasteiger partial charge in [0.05, 0.1) is 12.8 Å². The monoisotopic (exact) mass is 468 g/mol. The van der Waals surface area contributed by atoms with Crippen LogP contribution in [0, 0.1) is 5.92 Å². The minimum absolute atomic E-state index is 0.111. The van der Waals surface area contributed by atoms with Gasteiger partial charge in [-0.3, -0.25) is 14.3 Å². The third kappa shape index (κ3) is 9.13. The maximum absolute atomic E-state index is 12.7. The molecule has 1 saturated heterocycles. The van der Waals surface area contributed by atoms with Crippen LogP contribution in [0.3, 0.4) is 0 Å². The zero-order valence-corrected chi connectivity index (χ0v) is 19.8. The highest BCUT2D eigenvalue weighted by molar-refractivity contribution is 7.92. The van der Waals surface area contributed by atoms with Crippen LogP contribution >= 0.6 is 0 Å². The highest BCUT2D eigenvalue weighted by Crippen LogP contribution is 2.19. The Morgan fingerprint density at radius 3 is 2.19 bits per heavy atom. The molecule has 11 heteroatoms. The molecule has 1 aromatic carbocycles. The van der Waals surface area contributed by atoms with Gasteiger partial charge < -0.3 is 20.3 Å². The average molecular weight is 469 g/mol. The van der Waals surface area contributed by atoms with Crippen molar-refractivity contribution < 1.29 is 27.5 Å². The molecule has 0 unspecified atom stereocenters. The summed E-state index contributed by atoms with van der Waals surface area (Å²) in [5.74, 6) is -0.164. The molecule has 3 N–H and O–H groups in total. The summed E-state index contributed by atoms with van der Waals surface area (Å²) in [5, 5.41) is 5.22. The zero-order valence-electron chi connectivity index (χ0n) is 18.9. The second-order valence-corrected chi connectivity index (χ2v) is 10.6. The second kappa shape index (κ2) is 10.7. The molecule has 10 nitrogen and oxygen atoms in total. The minimum atomic E-state index is -3.37. The molecule has 0 aliphatic carbocycles. The number of likely N-dealkylation sites (tertiary alicyclic amines) is 1. The molecule has 1 aliphatic heterocycles. The number of nitrogens with zero attached hydrogens (tertiary/aromatic N) is 1. The molecule has 0 atom stereocenters. The molecule has 178 valence electrons. The van der Waals surface area contributed by atoms with Gasteiger partial charge in [-0.05, 0) is 63.8 Å². The lowest BCUT2D eigenvalue weighted by Crippen LogP contribution is -2.44. The molecule has 0 aromatic heterocycles. The van der Waals surface area contributed by atoms with E-state index in [4.69, 9.17) is 4.74 Å². The maximum atomic E-state index is 12.7. The Kier molecular flexibility index (Phi) is 8.48. The molecule has 0 spiro atoms. The van der Waals surface area contributed by atoms with Crippen molar-refractivity contribution in [2.45, 2.75) is 39.2 Å². The van der Waals surface area contributed by atoms with Gasteiger partial charge in [0.25, 0.3) is 5.91 Å². The van der Waals surface area contributed by atoms with E-state index in [1.54, 1.807) is 49.9 Å². The van der Waals surface area contributed by atoms with Crippen LogP contribution in [0.2, 0.25) is 0 Å². The van der Waals surface area contributed by atoms with Crippen molar-refractivity contribution in [3.63, 3.8) is 0 Å². The van der Waals surface area contributed by atoms with Crippen molar-refractivity contribution >= 4 is 33.6 Å². The fourth-order valence-corrected chi connectivity index (χ4v) is 3.77. The van der Waals surface area contributed by atoms with Gasteiger partial charge in [0.2, 0.25) is 15.9 Å². The van der Waals surface area contributed by atoms with E-state index in [1.165, 1.54) is 0 Å². The van der Waals surface area contributed by atoms with Crippen LogP contribution in [0.1, 0.15) is 44.0 Å². The topological polar surface area (TPSA) is 134 Å². The van der Waals surface area contributed by atoms with Crippen LogP contribution in [0.25, 0.3) is 0 Å². The summed E-state index contributed by atoms with van der Waals surface area (Å²) in [7, 11) is -3.37. The summed E-state index contributed by atoms with van der Waals surface area (Å²) in [6.45, 7) is 6.69. The van der Waals surface area contributed by atoms with Gasteiger partial charge in [-0.25, -0.2) is 13.2 Å². The van der Waals surface area contributed by atoms with E-state index < -0.39 is 21.7 Å². The number of sulfonamides is 1. The van der Waals surface area contributed by atoms with Crippen molar-refractivity contribution in [1.29, 1.82) is 0 Å². The Balaban J connectivity index is 1.72. The van der Waals surface area contributed by atoms with Gasteiger partial charge in [0, 0.05) is 30.9 Å². The molecule has 1 heterocycles. The van der Waals surface area contributed by atoms with Crippen molar-refractivity contribution in [3.05, 3.63) is 29.8 Å². The smallest absolute Gasteiger partial charge is 0.408 e. The molecule has 1 aliphatic rings.